The fraction of sp³-hybridized carbons (Fsp3) is 1.00. The number of hydrogen-bond acceptors (Lipinski definition) is 2. The fourth-order valence-electron chi connectivity index (χ4n) is 3.00. The molecule has 1 N–H and O–H groups in total. The molecule has 102 valence electrons. The van der Waals surface area contributed by atoms with Crippen LogP contribution in [0.1, 0.15) is 53.4 Å². The van der Waals surface area contributed by atoms with E-state index in [0.717, 1.165) is 12.0 Å². The van der Waals surface area contributed by atoms with Crippen molar-refractivity contribution in [1.29, 1.82) is 0 Å². The molecule has 0 amide bonds. The predicted octanol–water partition coefficient (Wildman–Crippen LogP) is 3.13. The minimum Gasteiger partial charge on any atom is -0.317 e. The van der Waals surface area contributed by atoms with Gasteiger partial charge in [0.05, 0.1) is 0 Å². The topological polar surface area (TPSA) is 15.3 Å². The van der Waals surface area contributed by atoms with E-state index in [-0.39, 0.29) is 0 Å². The van der Waals surface area contributed by atoms with Crippen LogP contribution in [0, 0.1) is 11.3 Å². The highest BCUT2D eigenvalue weighted by atomic mass is 15.1. The van der Waals surface area contributed by atoms with Crippen molar-refractivity contribution in [3.63, 3.8) is 0 Å². The molecule has 0 aromatic rings. The third-order valence-electron chi connectivity index (χ3n) is 4.72. The second kappa shape index (κ2) is 6.19. The minimum absolute atomic E-state index is 0.374. The third-order valence-corrected chi connectivity index (χ3v) is 4.72. The van der Waals surface area contributed by atoms with Gasteiger partial charge in [0, 0.05) is 18.6 Å². The smallest absolute Gasteiger partial charge is 0.0112 e. The van der Waals surface area contributed by atoms with Crippen LogP contribution >= 0.6 is 0 Å². The molecule has 0 bridgehead atoms. The van der Waals surface area contributed by atoms with Gasteiger partial charge in [-0.1, -0.05) is 33.6 Å². The average Bonchev–Trinajstić information content (AvgIpc) is 2.27. The van der Waals surface area contributed by atoms with Crippen LogP contribution in [0.25, 0.3) is 0 Å². The first-order valence-electron chi connectivity index (χ1n) is 7.23. The highest BCUT2D eigenvalue weighted by Crippen LogP contribution is 2.28. The maximum atomic E-state index is 3.51. The Balaban J connectivity index is 2.51. The van der Waals surface area contributed by atoms with Gasteiger partial charge in [-0.3, -0.25) is 0 Å². The second-order valence-corrected chi connectivity index (χ2v) is 6.92. The van der Waals surface area contributed by atoms with Gasteiger partial charge in [0.25, 0.3) is 0 Å². The van der Waals surface area contributed by atoms with Crippen molar-refractivity contribution in [2.45, 2.75) is 65.5 Å². The molecule has 0 aromatic carbocycles. The third kappa shape index (κ3) is 4.26. The maximum absolute atomic E-state index is 3.51. The van der Waals surface area contributed by atoms with E-state index in [4.69, 9.17) is 0 Å². The maximum Gasteiger partial charge on any atom is 0.0112 e. The molecule has 0 aliphatic heterocycles. The second-order valence-electron chi connectivity index (χ2n) is 6.92. The van der Waals surface area contributed by atoms with E-state index in [9.17, 15) is 0 Å². The summed E-state index contributed by atoms with van der Waals surface area (Å²) < 4.78 is 0. The molecule has 1 aliphatic carbocycles. The van der Waals surface area contributed by atoms with Gasteiger partial charge < -0.3 is 10.2 Å². The predicted molar refractivity (Wildman–Crippen MR) is 76.4 cm³/mol. The van der Waals surface area contributed by atoms with Crippen molar-refractivity contribution in [2.24, 2.45) is 11.3 Å². The summed E-state index contributed by atoms with van der Waals surface area (Å²) in [6.07, 6.45) is 5.58. The summed E-state index contributed by atoms with van der Waals surface area (Å²) in [5.41, 5.74) is 0.374. The quantitative estimate of drug-likeness (QED) is 0.812. The van der Waals surface area contributed by atoms with Crippen molar-refractivity contribution in [3.8, 4) is 0 Å². The van der Waals surface area contributed by atoms with Crippen LogP contribution in [0.2, 0.25) is 0 Å². The Bertz CT molecular complexity index is 219. The first-order chi connectivity index (χ1) is 7.86. The van der Waals surface area contributed by atoms with Gasteiger partial charge in [0.15, 0.2) is 0 Å². The summed E-state index contributed by atoms with van der Waals surface area (Å²) in [6, 6.07) is 1.38. The number of nitrogens with zero attached hydrogens (tertiary/aromatic N) is 1. The Labute approximate surface area is 108 Å². The minimum atomic E-state index is 0.374. The lowest BCUT2D eigenvalue weighted by Crippen LogP contribution is -2.47. The molecule has 0 heterocycles. The van der Waals surface area contributed by atoms with Gasteiger partial charge in [-0.05, 0) is 45.2 Å². The summed E-state index contributed by atoms with van der Waals surface area (Å²) in [5, 5.41) is 3.51. The Hall–Kier alpha value is -0.0800. The number of rotatable bonds is 4. The molecule has 1 aliphatic rings. The summed E-state index contributed by atoms with van der Waals surface area (Å²) in [5.74, 6) is 0.837. The lowest BCUT2D eigenvalue weighted by Gasteiger charge is -2.40. The van der Waals surface area contributed by atoms with Crippen molar-refractivity contribution in [2.75, 3.05) is 20.6 Å². The largest absolute Gasteiger partial charge is 0.317 e. The van der Waals surface area contributed by atoms with Crippen molar-refractivity contribution < 1.29 is 0 Å². The summed E-state index contributed by atoms with van der Waals surface area (Å²) in [4.78, 5) is 2.56. The Morgan fingerprint density at radius 1 is 1.24 bits per heavy atom. The standard InChI is InChI=1S/C15H32N2/c1-12(15(2,3)4)17(6)11-13-9-7-8-10-14(13)16-5/h12-14,16H,7-11H2,1-6H3. The Kier molecular flexibility index (Phi) is 5.46. The van der Waals surface area contributed by atoms with Gasteiger partial charge in [-0.25, -0.2) is 0 Å². The summed E-state index contributed by atoms with van der Waals surface area (Å²) in [7, 11) is 4.41. The van der Waals surface area contributed by atoms with Gasteiger partial charge in [-0.2, -0.15) is 0 Å². The number of nitrogens with one attached hydrogen (secondary N) is 1. The molecule has 3 unspecified atom stereocenters. The molecule has 1 fully saturated rings. The van der Waals surface area contributed by atoms with Gasteiger partial charge in [0.1, 0.15) is 0 Å². The zero-order valence-electron chi connectivity index (χ0n) is 12.7. The highest BCUT2D eigenvalue weighted by Gasteiger charge is 2.29. The molecule has 2 heteroatoms. The molecule has 0 aromatic heterocycles. The van der Waals surface area contributed by atoms with Crippen LogP contribution in [-0.2, 0) is 0 Å². The van der Waals surface area contributed by atoms with Crippen molar-refractivity contribution >= 4 is 0 Å². The van der Waals surface area contributed by atoms with E-state index < -0.39 is 0 Å². The Morgan fingerprint density at radius 2 is 1.82 bits per heavy atom. The number of hydrogen-bond donors (Lipinski definition) is 1. The molecule has 0 spiro atoms. The fourth-order valence-corrected chi connectivity index (χ4v) is 3.00. The van der Waals surface area contributed by atoms with Crippen molar-refractivity contribution in [3.05, 3.63) is 0 Å². The van der Waals surface area contributed by atoms with E-state index in [1.165, 1.54) is 32.2 Å². The highest BCUT2D eigenvalue weighted by molar-refractivity contribution is 4.85. The molecule has 1 rings (SSSR count). The van der Waals surface area contributed by atoms with Crippen LogP contribution in [0.3, 0.4) is 0 Å². The summed E-state index contributed by atoms with van der Waals surface area (Å²) in [6.45, 7) is 10.6. The normalized spacial score (nSPS) is 28.4. The van der Waals surface area contributed by atoms with Gasteiger partial charge in [-0.15, -0.1) is 0 Å². The molecule has 3 atom stereocenters. The van der Waals surface area contributed by atoms with E-state index in [2.05, 4.69) is 52.0 Å². The van der Waals surface area contributed by atoms with Crippen LogP contribution in [-0.4, -0.2) is 37.6 Å². The zero-order valence-corrected chi connectivity index (χ0v) is 12.7. The van der Waals surface area contributed by atoms with Gasteiger partial charge in [0.2, 0.25) is 0 Å². The van der Waals surface area contributed by atoms with Crippen LogP contribution in [0.4, 0.5) is 0 Å². The molecule has 1 saturated carbocycles. The average molecular weight is 240 g/mol. The van der Waals surface area contributed by atoms with E-state index in [1.807, 2.05) is 0 Å². The molecule has 0 radical (unpaired) electrons. The lowest BCUT2D eigenvalue weighted by atomic mass is 9.82. The zero-order chi connectivity index (χ0) is 13.1. The lowest BCUT2D eigenvalue weighted by molar-refractivity contribution is 0.102. The van der Waals surface area contributed by atoms with E-state index in [1.54, 1.807) is 0 Å². The first kappa shape index (κ1) is 15.0. The molecular formula is C15H32N2. The van der Waals surface area contributed by atoms with Crippen molar-refractivity contribution in [1.82, 2.24) is 10.2 Å². The van der Waals surface area contributed by atoms with Crippen LogP contribution in [0.5, 0.6) is 0 Å². The monoisotopic (exact) mass is 240 g/mol. The SMILES string of the molecule is CNC1CCCCC1CN(C)C(C)C(C)(C)C. The molecular weight excluding hydrogens is 208 g/mol. The van der Waals surface area contributed by atoms with Gasteiger partial charge >= 0.3 is 0 Å². The van der Waals surface area contributed by atoms with E-state index in [0.29, 0.717) is 11.5 Å². The van der Waals surface area contributed by atoms with Crippen LogP contribution in [0.15, 0.2) is 0 Å². The molecule has 0 saturated heterocycles. The molecule has 2 nitrogen and oxygen atoms in total. The first-order valence-corrected chi connectivity index (χ1v) is 7.23. The summed E-state index contributed by atoms with van der Waals surface area (Å²) >= 11 is 0. The Morgan fingerprint density at radius 3 is 2.35 bits per heavy atom. The van der Waals surface area contributed by atoms with Crippen LogP contribution < -0.4 is 5.32 Å². The molecule has 17 heavy (non-hydrogen) atoms. The van der Waals surface area contributed by atoms with E-state index >= 15 is 0 Å².